The van der Waals surface area contributed by atoms with Gasteiger partial charge in [-0.05, 0) is 26.3 Å². The fourth-order valence-corrected chi connectivity index (χ4v) is 1.56. The van der Waals surface area contributed by atoms with Gasteiger partial charge in [0.05, 0.1) is 5.75 Å². The molecule has 0 radical (unpaired) electrons. The zero-order valence-corrected chi connectivity index (χ0v) is 9.79. The van der Waals surface area contributed by atoms with Crippen LogP contribution in [0.25, 0.3) is 0 Å². The van der Waals surface area contributed by atoms with Gasteiger partial charge in [0, 0.05) is 18.2 Å². The van der Waals surface area contributed by atoms with Gasteiger partial charge in [-0.2, -0.15) is 0 Å². The summed E-state index contributed by atoms with van der Waals surface area (Å²) in [4.78, 5) is 0. The van der Waals surface area contributed by atoms with E-state index in [4.69, 9.17) is 11.6 Å². The maximum absolute atomic E-state index is 10.7. The number of hydrogen-bond acceptors (Lipinski definition) is 3. The van der Waals surface area contributed by atoms with Gasteiger partial charge in [-0.1, -0.05) is 0 Å². The maximum Gasteiger partial charge on any atom is 0.148 e. The van der Waals surface area contributed by atoms with Gasteiger partial charge in [-0.3, -0.25) is 0 Å². The molecule has 0 heterocycles. The Morgan fingerprint density at radius 3 is 2.46 bits per heavy atom. The van der Waals surface area contributed by atoms with E-state index in [1.165, 1.54) is 6.26 Å². The smallest absolute Gasteiger partial charge is 0.148 e. The molecule has 0 spiro atoms. The first kappa shape index (κ1) is 13.2. The first-order valence-electron chi connectivity index (χ1n) is 4.44. The molecule has 0 aromatic carbocycles. The highest BCUT2D eigenvalue weighted by molar-refractivity contribution is 7.90. The van der Waals surface area contributed by atoms with E-state index in [0.29, 0.717) is 6.54 Å². The molecular formula is C8H18ClNO2S. The van der Waals surface area contributed by atoms with Crippen molar-refractivity contribution in [1.82, 2.24) is 5.32 Å². The molecule has 80 valence electrons. The summed E-state index contributed by atoms with van der Waals surface area (Å²) in [6.07, 6.45) is 3.21. The van der Waals surface area contributed by atoms with Gasteiger partial charge >= 0.3 is 0 Å². The van der Waals surface area contributed by atoms with Crippen molar-refractivity contribution in [3.05, 3.63) is 0 Å². The maximum atomic E-state index is 10.7. The van der Waals surface area contributed by atoms with Crippen molar-refractivity contribution in [2.75, 3.05) is 25.1 Å². The second kappa shape index (κ2) is 6.62. The number of sulfone groups is 1. The second-order valence-electron chi connectivity index (χ2n) is 3.30. The molecule has 5 heteroatoms. The third-order valence-corrected chi connectivity index (χ3v) is 2.77. The average molecular weight is 228 g/mol. The van der Waals surface area contributed by atoms with Crippen LogP contribution >= 0.6 is 11.6 Å². The minimum absolute atomic E-state index is 0.205. The van der Waals surface area contributed by atoms with Crippen molar-refractivity contribution in [2.45, 2.75) is 25.1 Å². The van der Waals surface area contributed by atoms with Crippen molar-refractivity contribution in [3.63, 3.8) is 0 Å². The van der Waals surface area contributed by atoms with E-state index in [1.54, 1.807) is 0 Å². The average Bonchev–Trinajstić information content (AvgIpc) is 1.93. The Bertz CT molecular complexity index is 214. The molecule has 0 saturated carbocycles. The number of alkyl halides is 1. The summed E-state index contributed by atoms with van der Waals surface area (Å²) in [6.45, 7) is 3.33. The zero-order valence-electron chi connectivity index (χ0n) is 8.22. The largest absolute Gasteiger partial charge is 0.316 e. The molecule has 0 aliphatic carbocycles. The van der Waals surface area contributed by atoms with Crippen molar-refractivity contribution in [1.29, 1.82) is 0 Å². The van der Waals surface area contributed by atoms with E-state index in [1.807, 2.05) is 6.92 Å². The van der Waals surface area contributed by atoms with Crippen LogP contribution in [0, 0.1) is 0 Å². The Morgan fingerprint density at radius 2 is 2.00 bits per heavy atom. The Morgan fingerprint density at radius 1 is 1.38 bits per heavy atom. The van der Waals surface area contributed by atoms with Gasteiger partial charge < -0.3 is 5.32 Å². The molecule has 3 nitrogen and oxygen atoms in total. The Balaban J connectivity index is 3.18. The summed E-state index contributed by atoms with van der Waals surface area (Å²) in [5.41, 5.74) is 0. The van der Waals surface area contributed by atoms with Crippen LogP contribution < -0.4 is 5.32 Å². The highest BCUT2D eigenvalue weighted by Crippen LogP contribution is 2.01. The van der Waals surface area contributed by atoms with E-state index in [-0.39, 0.29) is 11.1 Å². The highest BCUT2D eigenvalue weighted by atomic mass is 35.5. The fourth-order valence-electron chi connectivity index (χ4n) is 0.891. The lowest BCUT2D eigenvalue weighted by Gasteiger charge is -2.04. The van der Waals surface area contributed by atoms with Crippen LogP contribution in [0.15, 0.2) is 0 Å². The van der Waals surface area contributed by atoms with Crippen LogP contribution in [0.2, 0.25) is 0 Å². The van der Waals surface area contributed by atoms with Crippen LogP contribution in [-0.2, 0) is 9.84 Å². The summed E-state index contributed by atoms with van der Waals surface area (Å²) >= 11 is 5.74. The molecule has 0 amide bonds. The highest BCUT2D eigenvalue weighted by Gasteiger charge is 2.00. The molecule has 0 aromatic rings. The van der Waals surface area contributed by atoms with Crippen LogP contribution in [0.4, 0.5) is 0 Å². The molecule has 0 saturated heterocycles. The van der Waals surface area contributed by atoms with Crippen LogP contribution in [0.3, 0.4) is 0 Å². The van der Waals surface area contributed by atoms with Gasteiger partial charge in [0.2, 0.25) is 0 Å². The molecule has 0 aliphatic heterocycles. The lowest BCUT2D eigenvalue weighted by molar-refractivity contribution is 0.591. The third kappa shape index (κ3) is 12.2. The van der Waals surface area contributed by atoms with Crippen molar-refractivity contribution in [3.8, 4) is 0 Å². The van der Waals surface area contributed by atoms with E-state index in [9.17, 15) is 8.42 Å². The predicted octanol–water partition coefficient (Wildman–Crippen LogP) is 1.03. The predicted molar refractivity (Wildman–Crippen MR) is 57.1 cm³/mol. The van der Waals surface area contributed by atoms with Crippen molar-refractivity contribution in [2.24, 2.45) is 0 Å². The van der Waals surface area contributed by atoms with Crippen molar-refractivity contribution >= 4 is 21.4 Å². The standard InChI is InChI=1S/C8H18ClNO2S/c1-8(9)4-3-5-10-6-7-13(2,11)12/h8,10H,3-7H2,1-2H3. The van der Waals surface area contributed by atoms with Crippen LogP contribution in [0.5, 0.6) is 0 Å². The van der Waals surface area contributed by atoms with E-state index in [2.05, 4.69) is 5.32 Å². The van der Waals surface area contributed by atoms with E-state index >= 15 is 0 Å². The summed E-state index contributed by atoms with van der Waals surface area (Å²) < 4.78 is 21.4. The minimum Gasteiger partial charge on any atom is -0.316 e. The molecule has 0 rings (SSSR count). The summed E-state index contributed by atoms with van der Waals surface area (Å²) in [6, 6.07) is 0. The molecule has 0 fully saturated rings. The van der Waals surface area contributed by atoms with Crippen molar-refractivity contribution < 1.29 is 8.42 Å². The normalized spacial score (nSPS) is 14.4. The second-order valence-corrected chi connectivity index (χ2v) is 6.31. The lowest BCUT2D eigenvalue weighted by atomic mass is 10.2. The van der Waals surface area contributed by atoms with Gasteiger partial charge in [-0.15, -0.1) is 11.6 Å². The Kier molecular flexibility index (Phi) is 6.73. The molecule has 0 bridgehead atoms. The SMILES string of the molecule is CC(Cl)CCCNCCS(C)(=O)=O. The van der Waals surface area contributed by atoms with Gasteiger partial charge in [0.1, 0.15) is 9.84 Å². The molecule has 0 aromatic heterocycles. The number of halogens is 1. The number of hydrogen-bond donors (Lipinski definition) is 1. The summed E-state index contributed by atoms with van der Waals surface area (Å²) in [5, 5.41) is 3.26. The molecule has 1 atom stereocenters. The first-order valence-corrected chi connectivity index (χ1v) is 6.94. The fraction of sp³-hybridized carbons (Fsp3) is 1.00. The molecule has 1 N–H and O–H groups in total. The summed E-state index contributed by atoms with van der Waals surface area (Å²) in [7, 11) is -2.82. The minimum atomic E-state index is -2.82. The first-order chi connectivity index (χ1) is 5.92. The van der Waals surface area contributed by atoms with Gasteiger partial charge in [0.15, 0.2) is 0 Å². The number of rotatable bonds is 7. The molecule has 13 heavy (non-hydrogen) atoms. The van der Waals surface area contributed by atoms with E-state index in [0.717, 1.165) is 19.4 Å². The summed E-state index contributed by atoms with van der Waals surface area (Å²) in [5.74, 6) is 0.212. The molecule has 0 aliphatic rings. The third-order valence-electron chi connectivity index (χ3n) is 1.61. The number of nitrogens with one attached hydrogen (secondary N) is 1. The van der Waals surface area contributed by atoms with Gasteiger partial charge in [0.25, 0.3) is 0 Å². The van der Waals surface area contributed by atoms with Crippen LogP contribution in [0.1, 0.15) is 19.8 Å². The Labute approximate surface area is 85.8 Å². The quantitative estimate of drug-likeness (QED) is 0.522. The Hall–Kier alpha value is 0.200. The molecule has 1 unspecified atom stereocenters. The van der Waals surface area contributed by atoms with Crippen LogP contribution in [-0.4, -0.2) is 38.9 Å². The molecular weight excluding hydrogens is 210 g/mol. The topological polar surface area (TPSA) is 46.2 Å². The zero-order chi connectivity index (χ0) is 10.3. The van der Waals surface area contributed by atoms with Gasteiger partial charge in [-0.25, -0.2) is 8.42 Å². The van der Waals surface area contributed by atoms with E-state index < -0.39 is 9.84 Å². The lowest BCUT2D eigenvalue weighted by Crippen LogP contribution is -2.23. The monoisotopic (exact) mass is 227 g/mol.